The first-order chi connectivity index (χ1) is 12.8. The highest BCUT2D eigenvalue weighted by Crippen LogP contribution is 2.32. The molecule has 4 rings (SSSR count). The van der Waals surface area contributed by atoms with E-state index in [-0.39, 0.29) is 5.82 Å². The van der Waals surface area contributed by atoms with Crippen molar-refractivity contribution < 1.29 is 13.7 Å². The largest absolute Gasteiger partial charge is 0.463 e. The Morgan fingerprint density at radius 2 is 2.00 bits per heavy atom. The Bertz CT molecular complexity index is 847. The summed E-state index contributed by atoms with van der Waals surface area (Å²) in [6.07, 6.45) is 6.35. The van der Waals surface area contributed by atoms with Crippen molar-refractivity contribution in [2.75, 3.05) is 26.2 Å². The summed E-state index contributed by atoms with van der Waals surface area (Å²) < 4.78 is 24.1. The normalized spacial score (nSPS) is 16.2. The molecular formula is C19H21FN4O2. The molecule has 0 unspecified atom stereocenters. The van der Waals surface area contributed by atoms with Crippen LogP contribution in [0.1, 0.15) is 30.9 Å². The second-order valence-corrected chi connectivity index (χ2v) is 6.56. The topological polar surface area (TPSA) is 64.3 Å². The zero-order chi connectivity index (χ0) is 17.8. The fraction of sp³-hybridized carbons (Fsp3) is 0.421. The summed E-state index contributed by atoms with van der Waals surface area (Å²) in [5.74, 6) is 0.0741. The monoisotopic (exact) mass is 356 g/mol. The van der Waals surface area contributed by atoms with Crippen molar-refractivity contribution in [3.05, 3.63) is 48.2 Å². The van der Waals surface area contributed by atoms with Crippen molar-refractivity contribution in [2.24, 2.45) is 0 Å². The number of ether oxygens (including phenoxy) is 1. The van der Waals surface area contributed by atoms with Crippen LogP contribution >= 0.6 is 0 Å². The Hall–Kier alpha value is -2.54. The highest BCUT2D eigenvalue weighted by atomic mass is 19.1. The molecule has 3 aromatic rings. The standard InChI is InChI=1S/C19H21FN4O2/c20-15-3-4-16-17(13-15)26-23-18(16)14-5-10-24(11-6-14)9-2-12-25-19-21-7-1-8-22-19/h1,3-4,7-8,13-14H,2,5-6,9-12H2. The van der Waals surface area contributed by atoms with Gasteiger partial charge in [-0.1, -0.05) is 5.16 Å². The van der Waals surface area contributed by atoms with Crippen LogP contribution in [-0.2, 0) is 0 Å². The minimum atomic E-state index is -0.293. The molecule has 0 spiro atoms. The van der Waals surface area contributed by atoms with Crippen LogP contribution in [0.2, 0.25) is 0 Å². The first kappa shape index (κ1) is 16.9. The molecule has 0 N–H and O–H groups in total. The predicted molar refractivity (Wildman–Crippen MR) is 94.5 cm³/mol. The maximum Gasteiger partial charge on any atom is 0.316 e. The minimum Gasteiger partial charge on any atom is -0.463 e. The highest BCUT2D eigenvalue weighted by molar-refractivity contribution is 5.79. The molecule has 1 aliphatic rings. The van der Waals surface area contributed by atoms with Crippen LogP contribution in [0.15, 0.2) is 41.2 Å². The molecule has 6 nitrogen and oxygen atoms in total. The summed E-state index contributed by atoms with van der Waals surface area (Å²) in [6, 6.07) is 6.84. The van der Waals surface area contributed by atoms with Crippen molar-refractivity contribution in [3.63, 3.8) is 0 Å². The van der Waals surface area contributed by atoms with Crippen LogP contribution in [0.5, 0.6) is 6.01 Å². The highest BCUT2D eigenvalue weighted by Gasteiger charge is 2.24. The average molecular weight is 356 g/mol. The SMILES string of the molecule is Fc1ccc2c(C3CCN(CCCOc4ncccn4)CC3)noc2c1. The third-order valence-electron chi connectivity index (χ3n) is 4.83. The lowest BCUT2D eigenvalue weighted by atomic mass is 9.91. The van der Waals surface area contributed by atoms with Crippen molar-refractivity contribution in [1.82, 2.24) is 20.0 Å². The number of halogens is 1. The maximum absolute atomic E-state index is 13.3. The van der Waals surface area contributed by atoms with Crippen LogP contribution < -0.4 is 4.74 Å². The smallest absolute Gasteiger partial charge is 0.316 e. The van der Waals surface area contributed by atoms with Crippen molar-refractivity contribution in [1.29, 1.82) is 0 Å². The molecule has 2 aromatic heterocycles. The quantitative estimate of drug-likeness (QED) is 0.631. The maximum atomic E-state index is 13.3. The molecule has 3 heterocycles. The first-order valence-corrected chi connectivity index (χ1v) is 8.96. The Kier molecular flexibility index (Phi) is 5.06. The Labute approximate surface area is 151 Å². The van der Waals surface area contributed by atoms with E-state index in [0.29, 0.717) is 24.1 Å². The average Bonchev–Trinajstić information content (AvgIpc) is 3.09. The fourth-order valence-corrected chi connectivity index (χ4v) is 3.47. The number of benzene rings is 1. The number of fused-ring (bicyclic) bond motifs is 1. The molecule has 26 heavy (non-hydrogen) atoms. The zero-order valence-electron chi connectivity index (χ0n) is 14.5. The third-order valence-corrected chi connectivity index (χ3v) is 4.83. The minimum absolute atomic E-state index is 0.293. The molecule has 1 fully saturated rings. The van der Waals surface area contributed by atoms with Gasteiger partial charge in [0.2, 0.25) is 0 Å². The van der Waals surface area contributed by atoms with Gasteiger partial charge in [-0.3, -0.25) is 0 Å². The van der Waals surface area contributed by atoms with Crippen LogP contribution in [0, 0.1) is 5.82 Å². The second-order valence-electron chi connectivity index (χ2n) is 6.56. The first-order valence-electron chi connectivity index (χ1n) is 8.96. The molecule has 136 valence electrons. The van der Waals surface area contributed by atoms with E-state index in [4.69, 9.17) is 9.26 Å². The van der Waals surface area contributed by atoms with E-state index in [1.165, 1.54) is 12.1 Å². The second kappa shape index (κ2) is 7.78. The fourth-order valence-electron chi connectivity index (χ4n) is 3.47. The molecular weight excluding hydrogens is 335 g/mol. The lowest BCUT2D eigenvalue weighted by Crippen LogP contribution is -2.34. The number of hydrogen-bond donors (Lipinski definition) is 0. The van der Waals surface area contributed by atoms with Gasteiger partial charge in [0, 0.05) is 36.3 Å². The number of aromatic nitrogens is 3. The number of nitrogens with zero attached hydrogens (tertiary/aromatic N) is 4. The van der Waals surface area contributed by atoms with Gasteiger partial charge in [0.25, 0.3) is 0 Å². The molecule has 0 atom stereocenters. The molecule has 0 aliphatic carbocycles. The van der Waals surface area contributed by atoms with E-state index in [1.54, 1.807) is 24.5 Å². The van der Waals surface area contributed by atoms with E-state index in [1.807, 2.05) is 0 Å². The summed E-state index contributed by atoms with van der Waals surface area (Å²) in [6.45, 7) is 3.64. The number of likely N-dealkylation sites (tertiary alicyclic amines) is 1. The Morgan fingerprint density at radius 3 is 2.81 bits per heavy atom. The van der Waals surface area contributed by atoms with E-state index >= 15 is 0 Å². The summed E-state index contributed by atoms with van der Waals surface area (Å²) in [5, 5.41) is 5.13. The van der Waals surface area contributed by atoms with Gasteiger partial charge in [-0.2, -0.15) is 0 Å². The van der Waals surface area contributed by atoms with Crippen LogP contribution in [0.25, 0.3) is 11.0 Å². The van der Waals surface area contributed by atoms with E-state index < -0.39 is 0 Å². The Morgan fingerprint density at radius 1 is 1.19 bits per heavy atom. The van der Waals surface area contributed by atoms with Gasteiger partial charge < -0.3 is 14.2 Å². The van der Waals surface area contributed by atoms with Gasteiger partial charge in [-0.05, 0) is 50.6 Å². The molecule has 1 saturated heterocycles. The zero-order valence-corrected chi connectivity index (χ0v) is 14.5. The molecule has 0 bridgehead atoms. The summed E-state index contributed by atoms with van der Waals surface area (Å²) in [5.41, 5.74) is 1.49. The molecule has 1 aromatic carbocycles. The van der Waals surface area contributed by atoms with Gasteiger partial charge in [-0.25, -0.2) is 14.4 Å². The lowest BCUT2D eigenvalue weighted by Gasteiger charge is -2.31. The number of hydrogen-bond acceptors (Lipinski definition) is 6. The molecule has 0 radical (unpaired) electrons. The third kappa shape index (κ3) is 3.83. The van der Waals surface area contributed by atoms with Gasteiger partial charge in [0.15, 0.2) is 5.58 Å². The predicted octanol–water partition coefficient (Wildman–Crippen LogP) is 3.41. The number of rotatable bonds is 6. The van der Waals surface area contributed by atoms with E-state index in [2.05, 4.69) is 20.0 Å². The van der Waals surface area contributed by atoms with Gasteiger partial charge >= 0.3 is 6.01 Å². The van der Waals surface area contributed by atoms with E-state index in [0.717, 1.165) is 50.0 Å². The van der Waals surface area contributed by atoms with Gasteiger partial charge in [0.05, 0.1) is 12.3 Å². The lowest BCUT2D eigenvalue weighted by molar-refractivity contribution is 0.187. The molecule has 1 aliphatic heterocycles. The number of piperidine rings is 1. The summed E-state index contributed by atoms with van der Waals surface area (Å²) >= 11 is 0. The van der Waals surface area contributed by atoms with Crippen molar-refractivity contribution >= 4 is 11.0 Å². The van der Waals surface area contributed by atoms with Gasteiger partial charge in [-0.15, -0.1) is 0 Å². The van der Waals surface area contributed by atoms with E-state index in [9.17, 15) is 4.39 Å². The molecule has 7 heteroatoms. The van der Waals surface area contributed by atoms with Crippen LogP contribution in [-0.4, -0.2) is 46.3 Å². The molecule has 0 saturated carbocycles. The summed E-state index contributed by atoms with van der Waals surface area (Å²) in [4.78, 5) is 10.5. The Balaban J connectivity index is 1.25. The van der Waals surface area contributed by atoms with Crippen molar-refractivity contribution in [2.45, 2.75) is 25.2 Å². The van der Waals surface area contributed by atoms with Crippen LogP contribution in [0.3, 0.4) is 0 Å². The van der Waals surface area contributed by atoms with Gasteiger partial charge in [0.1, 0.15) is 5.82 Å². The van der Waals surface area contributed by atoms with Crippen LogP contribution in [0.4, 0.5) is 4.39 Å². The molecule has 0 amide bonds. The van der Waals surface area contributed by atoms with Crippen molar-refractivity contribution in [3.8, 4) is 6.01 Å². The summed E-state index contributed by atoms with van der Waals surface area (Å²) in [7, 11) is 0.